The van der Waals surface area contributed by atoms with Gasteiger partial charge in [0.2, 0.25) is 17.7 Å². The Balaban J connectivity index is 1.80. The Hall–Kier alpha value is -3.44. The lowest BCUT2D eigenvalue weighted by Gasteiger charge is -2.27. The highest BCUT2D eigenvalue weighted by Gasteiger charge is 2.34. The highest BCUT2D eigenvalue weighted by atomic mass is 16.4. The number of aliphatic hydroxyl groups is 1. The van der Waals surface area contributed by atoms with E-state index in [1.807, 2.05) is 24.3 Å². The molecule has 3 rings (SSSR count). The van der Waals surface area contributed by atoms with E-state index in [1.54, 1.807) is 20.0 Å². The molecule has 11 nitrogen and oxygen atoms in total. The average molecular weight is 516 g/mol. The number of carbonyl (C=O) groups is 4. The van der Waals surface area contributed by atoms with Crippen molar-refractivity contribution in [1.29, 1.82) is 0 Å². The number of aromatic nitrogens is 1. The summed E-state index contributed by atoms with van der Waals surface area (Å²) < 4.78 is 0. The van der Waals surface area contributed by atoms with Crippen molar-refractivity contribution >= 4 is 34.6 Å². The second-order valence-electron chi connectivity index (χ2n) is 9.71. The number of fused-ring (bicyclic) bond motifs is 1. The van der Waals surface area contributed by atoms with Gasteiger partial charge in [0.25, 0.3) is 0 Å². The third kappa shape index (κ3) is 7.07. The highest BCUT2D eigenvalue weighted by molar-refractivity contribution is 5.95. The molecular weight excluding hydrogens is 478 g/mol. The van der Waals surface area contributed by atoms with Crippen LogP contribution in [0.15, 0.2) is 30.5 Å². The minimum Gasteiger partial charge on any atom is -0.480 e. The van der Waals surface area contributed by atoms with Crippen LogP contribution in [0.2, 0.25) is 0 Å². The number of amides is 3. The van der Waals surface area contributed by atoms with E-state index in [2.05, 4.69) is 26.3 Å². The van der Waals surface area contributed by atoms with Gasteiger partial charge in [-0.3, -0.25) is 14.4 Å². The second kappa shape index (κ2) is 12.7. The lowest BCUT2D eigenvalue weighted by Crippen LogP contribution is -2.60. The third-order valence-corrected chi connectivity index (χ3v) is 6.95. The summed E-state index contributed by atoms with van der Waals surface area (Å²) in [4.78, 5) is 54.1. The first-order valence-corrected chi connectivity index (χ1v) is 12.7. The molecule has 1 fully saturated rings. The first-order chi connectivity index (χ1) is 17.6. The molecular formula is C26H37N5O6. The SMILES string of the molecule is CCC(C)C(NC(=O)C(NC(=O)C(Cc1c[nH]c2ccccc12)NC(=O)C1CCCN1)C(C)O)C(=O)O. The predicted octanol–water partition coefficient (Wildman–Crippen LogP) is 0.428. The van der Waals surface area contributed by atoms with E-state index < -0.39 is 48.1 Å². The molecule has 1 aliphatic heterocycles. The lowest BCUT2D eigenvalue weighted by atomic mass is 9.98. The normalized spacial score (nSPS) is 19.4. The fourth-order valence-corrected chi connectivity index (χ4v) is 4.50. The maximum absolute atomic E-state index is 13.4. The zero-order chi connectivity index (χ0) is 27.1. The van der Waals surface area contributed by atoms with Crippen LogP contribution < -0.4 is 21.3 Å². The lowest BCUT2D eigenvalue weighted by molar-refractivity contribution is -0.144. The Morgan fingerprint density at radius 3 is 2.38 bits per heavy atom. The van der Waals surface area contributed by atoms with E-state index in [4.69, 9.17) is 0 Å². The molecule has 37 heavy (non-hydrogen) atoms. The number of hydrogen-bond donors (Lipinski definition) is 7. The fraction of sp³-hybridized carbons (Fsp3) is 0.538. The van der Waals surface area contributed by atoms with E-state index in [0.29, 0.717) is 19.4 Å². The summed E-state index contributed by atoms with van der Waals surface area (Å²) in [6.45, 7) is 5.54. The molecule has 3 amide bonds. The summed E-state index contributed by atoms with van der Waals surface area (Å²) in [5.41, 5.74) is 1.68. The summed E-state index contributed by atoms with van der Waals surface area (Å²) >= 11 is 0. The summed E-state index contributed by atoms with van der Waals surface area (Å²) in [5.74, 6) is -3.36. The van der Waals surface area contributed by atoms with E-state index in [9.17, 15) is 29.4 Å². The Bertz CT molecular complexity index is 1110. The minimum atomic E-state index is -1.41. The molecule has 2 heterocycles. The van der Waals surface area contributed by atoms with Gasteiger partial charge < -0.3 is 36.5 Å². The molecule has 2 aromatic rings. The number of H-pyrrole nitrogens is 1. The number of aliphatic hydroxyl groups excluding tert-OH is 1. The summed E-state index contributed by atoms with van der Waals surface area (Å²) in [6, 6.07) is 3.53. The Kier molecular flexibility index (Phi) is 9.65. The molecule has 1 aliphatic rings. The molecule has 0 bridgehead atoms. The highest BCUT2D eigenvalue weighted by Crippen LogP contribution is 2.19. The molecule has 11 heteroatoms. The van der Waals surface area contributed by atoms with E-state index in [1.165, 1.54) is 6.92 Å². The first kappa shape index (κ1) is 28.1. The van der Waals surface area contributed by atoms with Gasteiger partial charge in [-0.25, -0.2) is 4.79 Å². The summed E-state index contributed by atoms with van der Waals surface area (Å²) in [6.07, 6.45) is 2.62. The van der Waals surface area contributed by atoms with Gasteiger partial charge in [0, 0.05) is 23.5 Å². The largest absolute Gasteiger partial charge is 0.480 e. The predicted molar refractivity (Wildman–Crippen MR) is 138 cm³/mol. The molecule has 202 valence electrons. The number of rotatable bonds is 12. The zero-order valence-electron chi connectivity index (χ0n) is 21.4. The van der Waals surface area contributed by atoms with Crippen LogP contribution in [0.5, 0.6) is 0 Å². The van der Waals surface area contributed by atoms with Gasteiger partial charge in [0.15, 0.2) is 0 Å². The number of hydrogen-bond acceptors (Lipinski definition) is 6. The molecule has 7 N–H and O–H groups in total. The van der Waals surface area contributed by atoms with Crippen LogP contribution in [0.1, 0.15) is 45.6 Å². The van der Waals surface area contributed by atoms with Crippen molar-refractivity contribution in [2.24, 2.45) is 5.92 Å². The van der Waals surface area contributed by atoms with Gasteiger partial charge in [-0.1, -0.05) is 38.5 Å². The van der Waals surface area contributed by atoms with Gasteiger partial charge in [0.1, 0.15) is 18.1 Å². The monoisotopic (exact) mass is 515 g/mol. The number of carboxylic acid groups (broad SMARTS) is 1. The number of benzene rings is 1. The maximum Gasteiger partial charge on any atom is 0.326 e. The van der Waals surface area contributed by atoms with Crippen LogP contribution in [0.25, 0.3) is 10.9 Å². The molecule has 0 spiro atoms. The minimum absolute atomic E-state index is 0.146. The van der Waals surface area contributed by atoms with Crippen molar-refractivity contribution in [3.63, 3.8) is 0 Å². The van der Waals surface area contributed by atoms with Gasteiger partial charge in [-0.05, 0) is 43.9 Å². The molecule has 0 saturated carbocycles. The quantitative estimate of drug-likeness (QED) is 0.215. The third-order valence-electron chi connectivity index (χ3n) is 6.95. The second-order valence-corrected chi connectivity index (χ2v) is 9.71. The van der Waals surface area contributed by atoms with Crippen LogP contribution in [0, 0.1) is 5.92 Å². The molecule has 0 radical (unpaired) electrons. The molecule has 6 atom stereocenters. The number of aromatic amines is 1. The average Bonchev–Trinajstić information content (AvgIpc) is 3.55. The first-order valence-electron chi connectivity index (χ1n) is 12.7. The van der Waals surface area contributed by atoms with E-state index in [0.717, 1.165) is 22.9 Å². The van der Waals surface area contributed by atoms with Crippen molar-refractivity contribution < 1.29 is 29.4 Å². The number of para-hydroxylation sites is 1. The van der Waals surface area contributed by atoms with Crippen molar-refractivity contribution in [2.45, 2.75) is 76.7 Å². The van der Waals surface area contributed by atoms with Crippen LogP contribution >= 0.6 is 0 Å². The number of nitrogens with one attached hydrogen (secondary N) is 5. The van der Waals surface area contributed by atoms with Crippen molar-refractivity contribution in [3.8, 4) is 0 Å². The molecule has 1 aromatic heterocycles. The van der Waals surface area contributed by atoms with Crippen LogP contribution in [0.4, 0.5) is 0 Å². The number of carbonyl (C=O) groups excluding carboxylic acids is 3. The molecule has 1 aromatic carbocycles. The van der Waals surface area contributed by atoms with Gasteiger partial charge in [0.05, 0.1) is 12.1 Å². The van der Waals surface area contributed by atoms with Crippen LogP contribution in [-0.4, -0.2) is 75.7 Å². The maximum atomic E-state index is 13.4. The standard InChI is InChI=1S/C26H37N5O6/c1-4-14(2)21(26(36)37)30-25(35)22(15(3)32)31-24(34)20(29-23(33)19-10-7-11-27-19)12-16-13-28-18-9-6-5-8-17(16)18/h5-6,8-9,13-15,19-22,27-28,32H,4,7,10-12H2,1-3H3,(H,29,33)(H,30,35)(H,31,34)(H,36,37). The zero-order valence-corrected chi connectivity index (χ0v) is 21.4. The number of carboxylic acids is 1. The van der Waals surface area contributed by atoms with E-state index >= 15 is 0 Å². The van der Waals surface area contributed by atoms with Crippen molar-refractivity contribution in [1.82, 2.24) is 26.3 Å². The Morgan fingerprint density at radius 2 is 1.76 bits per heavy atom. The van der Waals surface area contributed by atoms with Gasteiger partial charge in [-0.2, -0.15) is 0 Å². The molecule has 0 aliphatic carbocycles. The summed E-state index contributed by atoms with van der Waals surface area (Å²) in [5, 5.41) is 31.6. The van der Waals surface area contributed by atoms with Gasteiger partial charge >= 0.3 is 5.97 Å². The Labute approximate surface area is 215 Å². The number of aliphatic carboxylic acids is 1. The summed E-state index contributed by atoms with van der Waals surface area (Å²) in [7, 11) is 0. The van der Waals surface area contributed by atoms with Crippen molar-refractivity contribution in [2.75, 3.05) is 6.54 Å². The fourth-order valence-electron chi connectivity index (χ4n) is 4.50. The van der Waals surface area contributed by atoms with Gasteiger partial charge in [-0.15, -0.1) is 0 Å². The smallest absolute Gasteiger partial charge is 0.326 e. The van der Waals surface area contributed by atoms with E-state index in [-0.39, 0.29) is 18.2 Å². The molecule has 1 saturated heterocycles. The van der Waals surface area contributed by atoms with Crippen LogP contribution in [-0.2, 0) is 25.6 Å². The topological polar surface area (TPSA) is 173 Å². The van der Waals surface area contributed by atoms with Crippen LogP contribution in [0.3, 0.4) is 0 Å². The molecule has 6 unspecified atom stereocenters. The van der Waals surface area contributed by atoms with Crippen molar-refractivity contribution in [3.05, 3.63) is 36.0 Å². The Morgan fingerprint density at radius 1 is 1.05 bits per heavy atom.